The van der Waals surface area contributed by atoms with Gasteiger partial charge in [-0.3, -0.25) is 0 Å². The number of nitrogens with one attached hydrogen (secondary N) is 1. The SMILES string of the molecule is COc1cccc(CC2CCNC2)c1OC. The number of methoxy groups -OCH3 is 2. The predicted molar refractivity (Wildman–Crippen MR) is 64.2 cm³/mol. The lowest BCUT2D eigenvalue weighted by Gasteiger charge is -2.14. The molecule has 1 N–H and O–H groups in total. The Morgan fingerprint density at radius 2 is 2.19 bits per heavy atom. The van der Waals surface area contributed by atoms with Gasteiger partial charge in [-0.1, -0.05) is 12.1 Å². The van der Waals surface area contributed by atoms with Crippen molar-refractivity contribution in [2.45, 2.75) is 12.8 Å². The molecule has 0 aliphatic carbocycles. The molecule has 0 saturated carbocycles. The summed E-state index contributed by atoms with van der Waals surface area (Å²) in [4.78, 5) is 0. The zero-order chi connectivity index (χ0) is 11.4. The van der Waals surface area contributed by atoms with Crippen LogP contribution in [0.15, 0.2) is 18.2 Å². The highest BCUT2D eigenvalue weighted by atomic mass is 16.5. The minimum Gasteiger partial charge on any atom is -0.493 e. The lowest BCUT2D eigenvalue weighted by molar-refractivity contribution is 0.349. The average Bonchev–Trinajstić information content (AvgIpc) is 2.81. The molecule has 1 aliphatic rings. The summed E-state index contributed by atoms with van der Waals surface area (Å²) in [5, 5.41) is 3.39. The summed E-state index contributed by atoms with van der Waals surface area (Å²) in [6.45, 7) is 2.25. The highest BCUT2D eigenvalue weighted by Crippen LogP contribution is 2.32. The Balaban J connectivity index is 2.18. The molecule has 0 aromatic heterocycles. The van der Waals surface area contributed by atoms with E-state index in [9.17, 15) is 0 Å². The summed E-state index contributed by atoms with van der Waals surface area (Å²) < 4.78 is 10.7. The van der Waals surface area contributed by atoms with Crippen molar-refractivity contribution in [3.8, 4) is 11.5 Å². The van der Waals surface area contributed by atoms with Crippen molar-refractivity contribution in [3.63, 3.8) is 0 Å². The molecule has 0 bridgehead atoms. The molecule has 0 spiro atoms. The van der Waals surface area contributed by atoms with Crippen LogP contribution >= 0.6 is 0 Å². The topological polar surface area (TPSA) is 30.5 Å². The Morgan fingerprint density at radius 1 is 1.31 bits per heavy atom. The number of benzene rings is 1. The minimum atomic E-state index is 0.723. The van der Waals surface area contributed by atoms with E-state index in [1.165, 1.54) is 12.0 Å². The Morgan fingerprint density at radius 3 is 2.81 bits per heavy atom. The number of hydrogen-bond acceptors (Lipinski definition) is 3. The second-order valence-corrected chi connectivity index (χ2v) is 4.22. The first-order chi connectivity index (χ1) is 7.85. The van der Waals surface area contributed by atoms with Gasteiger partial charge in [0.05, 0.1) is 14.2 Å². The van der Waals surface area contributed by atoms with E-state index >= 15 is 0 Å². The van der Waals surface area contributed by atoms with Crippen LogP contribution in [0.25, 0.3) is 0 Å². The van der Waals surface area contributed by atoms with Crippen molar-refractivity contribution in [1.29, 1.82) is 0 Å². The van der Waals surface area contributed by atoms with Crippen LogP contribution in [0.1, 0.15) is 12.0 Å². The molecular weight excluding hydrogens is 202 g/mol. The van der Waals surface area contributed by atoms with Crippen molar-refractivity contribution >= 4 is 0 Å². The van der Waals surface area contributed by atoms with Gasteiger partial charge in [-0.15, -0.1) is 0 Å². The fourth-order valence-electron chi connectivity index (χ4n) is 2.31. The van der Waals surface area contributed by atoms with Crippen molar-refractivity contribution in [1.82, 2.24) is 5.32 Å². The zero-order valence-electron chi connectivity index (χ0n) is 9.95. The van der Waals surface area contributed by atoms with Gasteiger partial charge in [-0.05, 0) is 43.5 Å². The number of rotatable bonds is 4. The number of ether oxygens (including phenoxy) is 2. The molecule has 88 valence electrons. The molecule has 1 aromatic carbocycles. The van der Waals surface area contributed by atoms with E-state index in [1.54, 1.807) is 14.2 Å². The van der Waals surface area contributed by atoms with Gasteiger partial charge in [-0.25, -0.2) is 0 Å². The van der Waals surface area contributed by atoms with Gasteiger partial charge >= 0.3 is 0 Å². The third-order valence-electron chi connectivity index (χ3n) is 3.16. The summed E-state index contributed by atoms with van der Waals surface area (Å²) in [5.41, 5.74) is 1.25. The van der Waals surface area contributed by atoms with Gasteiger partial charge in [0, 0.05) is 0 Å². The van der Waals surface area contributed by atoms with Crippen LogP contribution < -0.4 is 14.8 Å². The highest BCUT2D eigenvalue weighted by Gasteiger charge is 2.18. The Kier molecular flexibility index (Phi) is 3.67. The third-order valence-corrected chi connectivity index (χ3v) is 3.16. The first-order valence-corrected chi connectivity index (χ1v) is 5.75. The van der Waals surface area contributed by atoms with Crippen LogP contribution in [0.2, 0.25) is 0 Å². The van der Waals surface area contributed by atoms with E-state index in [2.05, 4.69) is 11.4 Å². The van der Waals surface area contributed by atoms with Crippen molar-refractivity contribution in [2.24, 2.45) is 5.92 Å². The standard InChI is InChI=1S/C13H19NO2/c1-15-12-5-3-4-11(13(12)16-2)8-10-6-7-14-9-10/h3-5,10,14H,6-9H2,1-2H3. The first kappa shape index (κ1) is 11.3. The molecule has 0 radical (unpaired) electrons. The van der Waals surface area contributed by atoms with Crippen molar-refractivity contribution in [2.75, 3.05) is 27.3 Å². The van der Waals surface area contributed by atoms with Gasteiger partial charge in [0.25, 0.3) is 0 Å². The van der Waals surface area contributed by atoms with Crippen molar-refractivity contribution in [3.05, 3.63) is 23.8 Å². The maximum Gasteiger partial charge on any atom is 0.163 e. The molecule has 3 heteroatoms. The van der Waals surface area contributed by atoms with Crippen LogP contribution in [-0.2, 0) is 6.42 Å². The molecule has 1 unspecified atom stereocenters. The van der Waals surface area contributed by atoms with Gasteiger partial charge in [0.1, 0.15) is 0 Å². The van der Waals surface area contributed by atoms with Crippen LogP contribution in [0.4, 0.5) is 0 Å². The Hall–Kier alpha value is -1.22. The summed E-state index contributed by atoms with van der Waals surface area (Å²) in [7, 11) is 3.38. The molecule has 1 fully saturated rings. The third kappa shape index (κ3) is 2.30. The average molecular weight is 221 g/mol. The Labute approximate surface area is 96.8 Å². The smallest absolute Gasteiger partial charge is 0.163 e. The monoisotopic (exact) mass is 221 g/mol. The molecule has 3 nitrogen and oxygen atoms in total. The predicted octanol–water partition coefficient (Wildman–Crippen LogP) is 1.86. The summed E-state index contributed by atoms with van der Waals surface area (Å²) >= 11 is 0. The van der Waals surface area contributed by atoms with Gasteiger partial charge in [0.15, 0.2) is 11.5 Å². The van der Waals surface area contributed by atoms with Crippen LogP contribution in [0.3, 0.4) is 0 Å². The zero-order valence-corrected chi connectivity index (χ0v) is 9.95. The molecule has 2 rings (SSSR count). The lowest BCUT2D eigenvalue weighted by atomic mass is 9.98. The largest absolute Gasteiger partial charge is 0.493 e. The molecule has 1 atom stereocenters. The van der Waals surface area contributed by atoms with E-state index in [4.69, 9.17) is 9.47 Å². The van der Waals surface area contributed by atoms with Crippen LogP contribution in [0, 0.1) is 5.92 Å². The van der Waals surface area contributed by atoms with Gasteiger partial charge in [-0.2, -0.15) is 0 Å². The summed E-state index contributed by atoms with van der Waals surface area (Å²) in [5.74, 6) is 2.43. The quantitative estimate of drug-likeness (QED) is 0.841. The maximum atomic E-state index is 5.43. The highest BCUT2D eigenvalue weighted by molar-refractivity contribution is 5.46. The van der Waals surface area contributed by atoms with E-state index in [0.717, 1.165) is 36.9 Å². The minimum absolute atomic E-state index is 0.723. The summed E-state index contributed by atoms with van der Waals surface area (Å²) in [6, 6.07) is 6.09. The molecular formula is C13H19NO2. The molecule has 1 aromatic rings. The fraction of sp³-hybridized carbons (Fsp3) is 0.538. The second-order valence-electron chi connectivity index (χ2n) is 4.22. The molecule has 16 heavy (non-hydrogen) atoms. The van der Waals surface area contributed by atoms with Gasteiger partial charge < -0.3 is 14.8 Å². The van der Waals surface area contributed by atoms with Gasteiger partial charge in [0.2, 0.25) is 0 Å². The molecule has 1 aliphatic heterocycles. The van der Waals surface area contributed by atoms with E-state index in [-0.39, 0.29) is 0 Å². The van der Waals surface area contributed by atoms with Crippen LogP contribution in [0.5, 0.6) is 11.5 Å². The molecule has 1 heterocycles. The number of para-hydroxylation sites is 1. The first-order valence-electron chi connectivity index (χ1n) is 5.75. The lowest BCUT2D eigenvalue weighted by Crippen LogP contribution is -2.11. The maximum absolute atomic E-state index is 5.43. The number of hydrogen-bond donors (Lipinski definition) is 1. The summed E-state index contributed by atoms with van der Waals surface area (Å²) in [6.07, 6.45) is 2.31. The second kappa shape index (κ2) is 5.21. The van der Waals surface area contributed by atoms with Crippen molar-refractivity contribution < 1.29 is 9.47 Å². The Bertz CT molecular complexity index is 346. The normalized spacial score (nSPS) is 19.8. The van der Waals surface area contributed by atoms with E-state index < -0.39 is 0 Å². The van der Waals surface area contributed by atoms with Crippen LogP contribution in [-0.4, -0.2) is 27.3 Å². The fourth-order valence-corrected chi connectivity index (χ4v) is 2.31. The van der Waals surface area contributed by atoms with E-state index in [0.29, 0.717) is 0 Å². The molecule has 0 amide bonds. The van der Waals surface area contributed by atoms with E-state index in [1.807, 2.05) is 12.1 Å². The molecule has 1 saturated heterocycles.